The summed E-state index contributed by atoms with van der Waals surface area (Å²) < 4.78 is 146. The minimum atomic E-state index is -4.90. The highest BCUT2D eigenvalue weighted by Gasteiger charge is 2.46. The number of carbonyl (C=O) groups excluding carboxylic acids is 7. The summed E-state index contributed by atoms with van der Waals surface area (Å²) in [6.07, 6.45) is 14.5. The van der Waals surface area contributed by atoms with E-state index in [1.165, 1.54) is 30.3 Å². The number of rotatable bonds is 46. The number of Topliss-reactive ketones (excluding diaryl/α,β-unsaturated/α-hetero) is 1. The maximum Gasteiger partial charge on any atom is 0.373 e. The molecule has 11 N–H and O–H groups in total. The van der Waals surface area contributed by atoms with Gasteiger partial charge in [0.05, 0.1) is 39.8 Å². The van der Waals surface area contributed by atoms with E-state index < -0.39 is 111 Å². The predicted molar refractivity (Wildman–Crippen MR) is 479 cm³/mol. The van der Waals surface area contributed by atoms with Gasteiger partial charge in [0.2, 0.25) is 43.5 Å². The summed E-state index contributed by atoms with van der Waals surface area (Å²) >= 11 is 0. The molecule has 35 nitrogen and oxygen atoms in total. The normalized spacial score (nSPS) is 15.6. The van der Waals surface area contributed by atoms with Crippen molar-refractivity contribution in [3.8, 4) is 11.5 Å². The van der Waals surface area contributed by atoms with E-state index in [2.05, 4.69) is 85.3 Å². The van der Waals surface area contributed by atoms with Crippen LogP contribution in [0.25, 0.3) is 21.5 Å². The quantitative estimate of drug-likeness (QED) is 0.00659. The van der Waals surface area contributed by atoms with E-state index in [9.17, 15) is 76.7 Å². The fourth-order valence-corrected chi connectivity index (χ4v) is 19.2. The fraction of sp³-hybridized carbons (Fsp3) is 0.455. The largest absolute Gasteiger partial charge is 0.744 e. The highest BCUT2D eigenvalue weighted by Crippen LogP contribution is 2.52. The number of unbranched alkanes of at least 4 members (excludes halogenated alkanes) is 4. The molecule has 686 valence electrons. The van der Waals surface area contributed by atoms with Crippen LogP contribution >= 0.6 is 0 Å². The number of hydrogen-bond donors (Lipinski definition) is 11. The van der Waals surface area contributed by atoms with Crippen molar-refractivity contribution in [2.75, 3.05) is 108 Å². The Balaban J connectivity index is 0.00000599. The average Bonchev–Trinajstić information content (AvgIpc) is 1.57. The maximum absolute atomic E-state index is 14.0. The Bertz CT molecular complexity index is 5710. The van der Waals surface area contributed by atoms with Crippen molar-refractivity contribution < 1.29 is 100 Å². The molecule has 0 saturated carbocycles. The molecule has 4 amide bonds. The number of carbonyl (C=O) groups is 6. The number of aliphatic carboxylic acids is 1. The van der Waals surface area contributed by atoms with Gasteiger partial charge in [-0.1, -0.05) is 57.0 Å². The topological polar surface area (TPSA) is 509 Å². The van der Waals surface area contributed by atoms with Crippen LogP contribution in [0.3, 0.4) is 0 Å². The molecule has 2 atom stereocenters. The Hall–Kier alpha value is -11.3. The number of carboxylic acids is 1. The first-order valence-corrected chi connectivity index (χ1v) is 48.4. The van der Waals surface area contributed by atoms with Crippen LogP contribution in [0.4, 0.5) is 11.4 Å². The molecule has 4 aliphatic heterocycles. The lowest BCUT2D eigenvalue weighted by atomic mass is 9.78. The predicted octanol–water partition coefficient (Wildman–Crippen LogP) is 6.27. The number of anilines is 1. The Kier molecular flexibility index (Phi) is 36.0. The first-order valence-electron chi connectivity index (χ1n) is 42.3. The second-order valence-corrected chi connectivity index (χ2v) is 38.5. The van der Waals surface area contributed by atoms with Crippen LogP contribution in [0.1, 0.15) is 161 Å². The van der Waals surface area contributed by atoms with Crippen LogP contribution in [-0.4, -0.2) is 227 Å². The summed E-state index contributed by atoms with van der Waals surface area (Å²) in [4.78, 5) is 106. The first kappa shape index (κ1) is 99.5. The van der Waals surface area contributed by atoms with Crippen molar-refractivity contribution in [1.29, 1.82) is 0 Å². The van der Waals surface area contributed by atoms with Crippen LogP contribution in [0.2, 0.25) is 0 Å². The van der Waals surface area contributed by atoms with E-state index in [1.54, 1.807) is 56.3 Å². The number of ketones is 1. The molecule has 0 saturated heterocycles. The number of likely N-dealkylation sites (N-methyl/N-ethyl adjacent to an activating group) is 1. The molecular formula is C88H113N14O21S4-. The van der Waals surface area contributed by atoms with Gasteiger partial charge in [-0.2, -0.15) is 18.9 Å². The number of guanidine groups is 2. The summed E-state index contributed by atoms with van der Waals surface area (Å²) in [6.45, 7) is 18.2. The van der Waals surface area contributed by atoms with Crippen molar-refractivity contribution in [2.24, 2.45) is 9.98 Å². The van der Waals surface area contributed by atoms with Gasteiger partial charge >= 0.3 is 12.1 Å². The lowest BCUT2D eigenvalue weighted by Crippen LogP contribution is -2.49. The Morgan fingerprint density at radius 1 is 0.614 bits per heavy atom. The Labute approximate surface area is 741 Å². The van der Waals surface area contributed by atoms with Crippen LogP contribution in [0, 0.1) is 13.8 Å². The second-order valence-electron chi connectivity index (χ2n) is 32.0. The highest BCUT2D eigenvalue weighted by molar-refractivity contribution is 7.89. The van der Waals surface area contributed by atoms with E-state index in [0.717, 1.165) is 84.3 Å². The van der Waals surface area contributed by atoms with Gasteiger partial charge < -0.3 is 71.1 Å². The third-order valence-electron chi connectivity index (χ3n) is 21.9. The molecule has 0 bridgehead atoms. The van der Waals surface area contributed by atoms with E-state index in [0.29, 0.717) is 122 Å². The summed E-state index contributed by atoms with van der Waals surface area (Å²) in [5.41, 5.74) is 5.63. The first-order chi connectivity index (χ1) is 60.4. The Morgan fingerprint density at radius 3 is 1.82 bits per heavy atom. The monoisotopic (exact) mass is 1830 g/mol. The number of nitrogens with one attached hydrogen (secondary N) is 10. The molecule has 6 aromatic rings. The number of benzene rings is 6. The third-order valence-corrected chi connectivity index (χ3v) is 26.4. The number of fused-ring (bicyclic) bond motifs is 6. The van der Waals surface area contributed by atoms with Gasteiger partial charge in [0, 0.05) is 130 Å². The number of hydrogen-bond acceptors (Lipinski definition) is 27. The Morgan fingerprint density at radius 2 is 1.21 bits per heavy atom. The number of allylic oxidation sites excluding steroid dienone is 6. The molecule has 4 aliphatic rings. The average molecular weight is 1830 g/mol. The number of ether oxygens (including phenoxy) is 2. The second kappa shape index (κ2) is 45.9. The van der Waals surface area contributed by atoms with Crippen molar-refractivity contribution in [1.82, 2.24) is 52.0 Å². The molecule has 6 aromatic carbocycles. The van der Waals surface area contributed by atoms with E-state index in [1.807, 2.05) is 75.4 Å². The SMILES string of the molecule is CCN1C(=CC=CC=CC2=[N+](CCCCCC(=O)NC(CCCCCC(=O)NCCS(=O)(=O)N[C@@H](CNC(=O)c3ccc(OCCNC4=NCCCN4)cc3)C(=O)O)C(=O)NCCS(=O)(=O)NCCCC(=O)c3ccc(OCCNC4=NCCCN4)cc3)c3ccc4c(S(=O)(=O)[O-])cc(C)cc4c3C2(C)C)C(C)(C)c2c1ccc1c(C)cc(S(=O)(=O)[O-])cc21.O=C=O. The van der Waals surface area contributed by atoms with Crippen molar-refractivity contribution in [3.63, 3.8) is 0 Å². The van der Waals surface area contributed by atoms with Gasteiger partial charge in [0.25, 0.3) is 5.91 Å². The molecule has 4 heterocycles. The van der Waals surface area contributed by atoms with Gasteiger partial charge in [-0.3, -0.25) is 38.8 Å². The molecule has 0 aliphatic carbocycles. The number of nitrogens with zero attached hydrogens (tertiary/aromatic N) is 4. The van der Waals surface area contributed by atoms with Gasteiger partial charge in [0.15, 0.2) is 23.4 Å². The molecule has 127 heavy (non-hydrogen) atoms. The van der Waals surface area contributed by atoms with Crippen LogP contribution in [0.15, 0.2) is 153 Å². The minimum absolute atomic E-state index is 0.0111. The van der Waals surface area contributed by atoms with E-state index in [4.69, 9.17) is 19.1 Å². The summed E-state index contributed by atoms with van der Waals surface area (Å²) in [5.74, 6) is -2.81. The highest BCUT2D eigenvalue weighted by atomic mass is 32.2. The molecule has 0 radical (unpaired) electrons. The zero-order chi connectivity index (χ0) is 92.3. The van der Waals surface area contributed by atoms with Gasteiger partial charge in [-0.05, 0) is 203 Å². The minimum Gasteiger partial charge on any atom is -0.744 e. The molecule has 0 fully saturated rings. The smallest absolute Gasteiger partial charge is 0.373 e. The van der Waals surface area contributed by atoms with Gasteiger partial charge in [0.1, 0.15) is 63.6 Å². The number of amides is 4. The lowest BCUT2D eigenvalue weighted by Gasteiger charge is -2.26. The van der Waals surface area contributed by atoms with Crippen LogP contribution in [-0.2, 0) is 79.9 Å². The van der Waals surface area contributed by atoms with Crippen LogP contribution < -0.4 is 66.4 Å². The van der Waals surface area contributed by atoms with Gasteiger partial charge in [-0.25, -0.2) is 38.4 Å². The molecule has 0 spiro atoms. The number of sulfonamides is 2. The number of aryl methyl sites for hydroxylation is 2. The third kappa shape index (κ3) is 28.4. The molecule has 39 heteroatoms. The number of aliphatic imine (C=N–C) groups is 2. The molecule has 0 aromatic heterocycles. The van der Waals surface area contributed by atoms with Gasteiger partial charge in [-0.15, -0.1) is 0 Å². The summed E-state index contributed by atoms with van der Waals surface area (Å²) in [5, 5.41) is 35.4. The lowest BCUT2D eigenvalue weighted by molar-refractivity contribution is -0.438. The van der Waals surface area contributed by atoms with E-state index in [-0.39, 0.29) is 85.4 Å². The maximum atomic E-state index is 14.0. The molecular weight excluding hydrogens is 1720 g/mol. The molecule has 10 rings (SSSR count). The van der Waals surface area contributed by atoms with Crippen LogP contribution in [0.5, 0.6) is 11.5 Å². The van der Waals surface area contributed by atoms with Crippen molar-refractivity contribution in [3.05, 3.63) is 167 Å². The zero-order valence-corrected chi connectivity index (χ0v) is 75.6. The summed E-state index contributed by atoms with van der Waals surface area (Å²) in [6, 6.07) is 23.4. The zero-order valence-electron chi connectivity index (χ0n) is 72.3. The van der Waals surface area contributed by atoms with Crippen molar-refractivity contribution >= 4 is 132 Å². The number of carboxylic acid groups (broad SMARTS) is 1. The van der Waals surface area contributed by atoms with E-state index >= 15 is 0 Å². The standard InChI is InChI=1S/C87H114N14O19S4.CO2/c1-8-100-71-37-35-65-59(3)55-64(123(113,114)115)56-68(65)80(71)86(4,5)75(100)23-13-10-14-24-76-87(6,7)79-67-53-58(2)54-74(124(116,117)118)66(67)36-38-72(79)101(76)48-17-11-16-26-78(104)98-69(82(106)89-47-51-121(109,110)97-43-18-22-73(102)60-27-31-62(32-28-60)119-49-44-94-84-90-39-19-40-91-84)21-12-9-15-25-77(103)88-46-52-122(111,112)99-70(83(107)108)57-96-81(105)61-29-33-63(34-30-61)120-50-45-95-85-92-41-20-42-93-85;2-1-3/h10,13-14,23-24,27-38,53-56,69-70,97,99H,8-9,11-12,15-22,25-26,39-52,57H2,1-7H3,(H10-,88,89,90,91,92,93,94,95,96,98,103,104,105,106,107,108,113,114,115,116,117,118);/p-1/t69?,70-;/m0./s1. The summed E-state index contributed by atoms with van der Waals surface area (Å²) in [7, 11) is -17.9. The molecule has 1 unspecified atom stereocenters. The van der Waals surface area contributed by atoms with Crippen molar-refractivity contribution in [2.45, 2.75) is 165 Å². The fourth-order valence-electron chi connectivity index (χ4n) is 15.7.